The summed E-state index contributed by atoms with van der Waals surface area (Å²) < 4.78 is 5.85. The molecule has 0 saturated heterocycles. The van der Waals surface area contributed by atoms with E-state index >= 15 is 0 Å². The molecule has 0 unspecified atom stereocenters. The highest BCUT2D eigenvalue weighted by atomic mass is 32.1. The van der Waals surface area contributed by atoms with E-state index in [1.807, 2.05) is 18.2 Å². The third-order valence-corrected chi connectivity index (χ3v) is 4.26. The summed E-state index contributed by atoms with van der Waals surface area (Å²) in [5.41, 5.74) is 2.57. The monoisotopic (exact) mass is 299 g/mol. The van der Waals surface area contributed by atoms with Crippen LogP contribution in [-0.2, 0) is 5.41 Å². The van der Waals surface area contributed by atoms with Crippen LogP contribution >= 0.6 is 11.3 Å². The predicted molar refractivity (Wildman–Crippen MR) is 86.0 cm³/mol. The smallest absolute Gasteiger partial charge is 0.164 e. The molecule has 0 bridgehead atoms. The minimum Gasteiger partial charge on any atom is -0.454 e. The lowest BCUT2D eigenvalue weighted by Gasteiger charge is -2.13. The van der Waals surface area contributed by atoms with Gasteiger partial charge in [-0.05, 0) is 31.2 Å². The Morgan fingerprint density at radius 2 is 2.00 bits per heavy atom. The van der Waals surface area contributed by atoms with Crippen molar-refractivity contribution in [3.63, 3.8) is 0 Å². The second kappa shape index (κ2) is 4.81. The highest BCUT2D eigenvalue weighted by Gasteiger charge is 2.19. The fourth-order valence-corrected chi connectivity index (χ4v) is 3.10. The Balaban J connectivity index is 2.05. The van der Waals surface area contributed by atoms with E-state index in [0.29, 0.717) is 5.56 Å². The molecule has 0 aliphatic carbocycles. The quantitative estimate of drug-likeness (QED) is 0.621. The molecule has 0 fully saturated rings. The zero-order valence-corrected chi connectivity index (χ0v) is 13.4. The highest BCUT2D eigenvalue weighted by Crippen LogP contribution is 2.33. The molecule has 2 heterocycles. The van der Waals surface area contributed by atoms with Crippen LogP contribution in [0.1, 0.15) is 43.7 Å². The first-order valence-corrected chi connectivity index (χ1v) is 7.73. The number of carbonyl (C=O) groups is 1. The fraction of sp³-hybridized carbons (Fsp3) is 0.294. The van der Waals surface area contributed by atoms with Gasteiger partial charge in [0.25, 0.3) is 0 Å². The largest absolute Gasteiger partial charge is 0.454 e. The van der Waals surface area contributed by atoms with E-state index in [-0.39, 0.29) is 11.2 Å². The third kappa shape index (κ3) is 2.63. The van der Waals surface area contributed by atoms with E-state index in [9.17, 15) is 4.79 Å². The van der Waals surface area contributed by atoms with Crippen LogP contribution in [0.3, 0.4) is 0 Å². The lowest BCUT2D eigenvalue weighted by molar-refractivity contribution is 0.101. The topological polar surface area (TPSA) is 43.1 Å². The molecule has 1 aromatic carbocycles. The standard InChI is InChI=1S/C17H17NO2S/c1-10(19)11-5-6-13-12(7-11)8-14(20-13)16-18-15(9-21-16)17(2,3)4/h5-9H,1-4H3. The van der Waals surface area contributed by atoms with Gasteiger partial charge in [0.1, 0.15) is 5.58 Å². The number of aromatic nitrogens is 1. The summed E-state index contributed by atoms with van der Waals surface area (Å²) >= 11 is 1.58. The zero-order chi connectivity index (χ0) is 15.2. The van der Waals surface area contributed by atoms with E-state index in [1.165, 1.54) is 0 Å². The maximum absolute atomic E-state index is 11.4. The van der Waals surface area contributed by atoms with Gasteiger partial charge in [0.2, 0.25) is 0 Å². The lowest BCUT2D eigenvalue weighted by Crippen LogP contribution is -2.11. The Kier molecular flexibility index (Phi) is 3.21. The summed E-state index contributed by atoms with van der Waals surface area (Å²) in [5.74, 6) is 0.815. The van der Waals surface area contributed by atoms with Crippen LogP contribution in [0.15, 0.2) is 34.1 Å². The molecule has 3 aromatic rings. The van der Waals surface area contributed by atoms with Crippen LogP contribution < -0.4 is 0 Å². The van der Waals surface area contributed by atoms with Crippen molar-refractivity contribution < 1.29 is 9.21 Å². The molecule has 0 radical (unpaired) electrons. The Bertz CT molecular complexity index is 821. The second-order valence-corrected chi connectivity index (χ2v) is 7.07. The Hall–Kier alpha value is -1.94. The van der Waals surface area contributed by atoms with Crippen LogP contribution in [0.4, 0.5) is 0 Å². The van der Waals surface area contributed by atoms with Crippen molar-refractivity contribution in [1.82, 2.24) is 4.98 Å². The Labute approximate surface area is 127 Å². The van der Waals surface area contributed by atoms with E-state index in [2.05, 4.69) is 31.1 Å². The van der Waals surface area contributed by atoms with Gasteiger partial charge in [0.05, 0.1) is 5.69 Å². The maximum atomic E-state index is 11.4. The number of fused-ring (bicyclic) bond motifs is 1. The SMILES string of the molecule is CC(=O)c1ccc2oc(-c3nc(C(C)(C)C)cs3)cc2c1. The van der Waals surface area contributed by atoms with Gasteiger partial charge >= 0.3 is 0 Å². The zero-order valence-electron chi connectivity index (χ0n) is 12.6. The second-order valence-electron chi connectivity index (χ2n) is 6.21. The van der Waals surface area contributed by atoms with Crippen molar-refractivity contribution in [2.24, 2.45) is 0 Å². The van der Waals surface area contributed by atoms with Gasteiger partial charge in [-0.3, -0.25) is 4.79 Å². The van der Waals surface area contributed by atoms with Crippen molar-refractivity contribution in [3.8, 4) is 10.8 Å². The molecule has 0 atom stereocenters. The van der Waals surface area contributed by atoms with Crippen molar-refractivity contribution >= 4 is 28.1 Å². The van der Waals surface area contributed by atoms with Crippen molar-refractivity contribution in [3.05, 3.63) is 40.9 Å². The summed E-state index contributed by atoms with van der Waals surface area (Å²) in [6.07, 6.45) is 0. The maximum Gasteiger partial charge on any atom is 0.164 e. The average molecular weight is 299 g/mol. The van der Waals surface area contributed by atoms with Crippen molar-refractivity contribution in [2.45, 2.75) is 33.1 Å². The summed E-state index contributed by atoms with van der Waals surface area (Å²) in [4.78, 5) is 16.1. The average Bonchev–Trinajstić information content (AvgIpc) is 3.03. The number of ketones is 1. The van der Waals surface area contributed by atoms with E-state index in [0.717, 1.165) is 27.4 Å². The molecule has 0 saturated carbocycles. The van der Waals surface area contributed by atoms with E-state index < -0.39 is 0 Å². The first-order valence-electron chi connectivity index (χ1n) is 6.85. The fourth-order valence-electron chi connectivity index (χ4n) is 2.10. The van der Waals surface area contributed by atoms with Gasteiger partial charge in [-0.15, -0.1) is 11.3 Å². The first kappa shape index (κ1) is 14.0. The van der Waals surface area contributed by atoms with Gasteiger partial charge in [0.15, 0.2) is 16.6 Å². The van der Waals surface area contributed by atoms with Gasteiger partial charge in [0, 0.05) is 21.7 Å². The minimum absolute atomic E-state index is 0.0303. The highest BCUT2D eigenvalue weighted by molar-refractivity contribution is 7.13. The van der Waals surface area contributed by atoms with Crippen LogP contribution in [0, 0.1) is 0 Å². The molecular formula is C17H17NO2S. The minimum atomic E-state index is 0.0303. The molecule has 108 valence electrons. The number of rotatable bonds is 2. The van der Waals surface area contributed by atoms with Gasteiger partial charge in [-0.2, -0.15) is 0 Å². The number of carbonyl (C=O) groups excluding carboxylic acids is 1. The number of Topliss-reactive ketones (excluding diaryl/α,β-unsaturated/α-hetero) is 1. The number of thiazole rings is 1. The van der Waals surface area contributed by atoms with Crippen LogP contribution in [-0.4, -0.2) is 10.8 Å². The van der Waals surface area contributed by atoms with Crippen LogP contribution in [0.25, 0.3) is 21.7 Å². The van der Waals surface area contributed by atoms with E-state index in [4.69, 9.17) is 4.42 Å². The molecule has 0 aliphatic rings. The molecule has 3 rings (SSSR count). The molecule has 0 amide bonds. The molecule has 21 heavy (non-hydrogen) atoms. The van der Waals surface area contributed by atoms with Crippen molar-refractivity contribution in [1.29, 1.82) is 0 Å². The molecule has 4 heteroatoms. The van der Waals surface area contributed by atoms with Crippen molar-refractivity contribution in [2.75, 3.05) is 0 Å². The number of nitrogens with zero attached hydrogens (tertiary/aromatic N) is 1. The number of furan rings is 1. The Morgan fingerprint density at radius 1 is 1.24 bits per heavy atom. The lowest BCUT2D eigenvalue weighted by atomic mass is 9.93. The third-order valence-electron chi connectivity index (χ3n) is 3.41. The summed E-state index contributed by atoms with van der Waals surface area (Å²) in [6.45, 7) is 8.00. The molecule has 0 aliphatic heterocycles. The van der Waals surface area contributed by atoms with E-state index in [1.54, 1.807) is 24.3 Å². The molecule has 0 spiro atoms. The van der Waals surface area contributed by atoms with Gasteiger partial charge < -0.3 is 4.42 Å². The molecular weight excluding hydrogens is 282 g/mol. The molecule has 3 nitrogen and oxygen atoms in total. The Morgan fingerprint density at radius 3 is 2.62 bits per heavy atom. The van der Waals surface area contributed by atoms with Gasteiger partial charge in [-0.1, -0.05) is 20.8 Å². The number of hydrogen-bond acceptors (Lipinski definition) is 4. The van der Waals surface area contributed by atoms with Crippen LogP contribution in [0.5, 0.6) is 0 Å². The normalized spacial score (nSPS) is 12.0. The summed E-state index contributed by atoms with van der Waals surface area (Å²) in [7, 11) is 0. The summed E-state index contributed by atoms with van der Waals surface area (Å²) in [5, 5.41) is 3.88. The van der Waals surface area contributed by atoms with Crippen LogP contribution in [0.2, 0.25) is 0 Å². The molecule has 2 aromatic heterocycles. The number of hydrogen-bond donors (Lipinski definition) is 0. The number of benzene rings is 1. The molecule has 0 N–H and O–H groups in total. The van der Waals surface area contributed by atoms with Gasteiger partial charge in [-0.25, -0.2) is 4.98 Å². The predicted octanol–water partition coefficient (Wildman–Crippen LogP) is 5.06. The summed E-state index contributed by atoms with van der Waals surface area (Å²) in [6, 6.07) is 7.45. The first-order chi connectivity index (χ1) is 9.84.